The molecule has 0 bridgehead atoms. The first-order valence-corrected chi connectivity index (χ1v) is 35.8. The molecule has 2 aliphatic heterocycles. The molecule has 0 amide bonds. The largest absolute Gasteiger partial charge is 0.493 e. The monoisotopic (exact) mass is 1370 g/mol. The minimum Gasteiger partial charge on any atom is -0.493 e. The summed E-state index contributed by atoms with van der Waals surface area (Å²) in [4.78, 5) is 3.72. The van der Waals surface area contributed by atoms with Crippen molar-refractivity contribution in [1.82, 2.24) is 0 Å². The Balaban J connectivity index is 0.728. The van der Waals surface area contributed by atoms with Gasteiger partial charge < -0.3 is 28.7 Å². The normalized spacial score (nSPS) is 17.1. The number of nitrogens with zero attached hydrogens (tertiary/aromatic N) is 2. The minimum atomic E-state index is -0.861. The number of anilines is 6. The topological polar surface area (TPSA) is 43.4 Å². The standard InChI is InChI=1S/C94H72F4N2O4/c1-3-91(55-101-56-91)59-103-77-41-29-67(30-42-77)93(69-27-21-61-13-5-7-15-65(61)49-69)83-19-11-9-17-79(83)81-45-39-75(53-85(81)93)99(89-47-33-71(95)51-87(89)97)73-35-23-63(24-36-73)64-25-37-74(38-26-64)100(90-48-34-72(96)52-88(90)98)76-40-46-82-80-18-10-12-20-84(80)94(86(82)54-76,70-28-22-62-14-6-8-16-66(62)50-70)68-31-43-78(44-32-68)104-60-92(4-2)57-102-58-92/h5-54H,3-4,55-60H2,1-2H3. The number of hydrogen-bond acceptors (Lipinski definition) is 6. The molecule has 2 atom stereocenters. The van der Waals surface area contributed by atoms with E-state index in [1.165, 1.54) is 24.3 Å². The summed E-state index contributed by atoms with van der Waals surface area (Å²) in [6.45, 7) is 8.21. The number of fused-ring (bicyclic) bond motifs is 8. The maximum atomic E-state index is 16.9. The van der Waals surface area contributed by atoms with Crippen LogP contribution in [0.5, 0.6) is 11.5 Å². The smallest absolute Gasteiger partial charge is 0.150 e. The lowest BCUT2D eigenvalue weighted by molar-refractivity contribution is -0.133. The molecule has 2 fully saturated rings. The van der Waals surface area contributed by atoms with E-state index in [0.717, 1.165) is 136 Å². The predicted molar refractivity (Wildman–Crippen MR) is 409 cm³/mol. The van der Waals surface area contributed by atoms with Gasteiger partial charge in [-0.05, 0) is 221 Å². The quantitative estimate of drug-likeness (QED) is 0.0752. The van der Waals surface area contributed by atoms with Crippen LogP contribution in [0.1, 0.15) is 71.2 Å². The molecule has 2 heterocycles. The average Bonchev–Trinajstić information content (AvgIpc) is 1.53. The summed E-state index contributed by atoms with van der Waals surface area (Å²) >= 11 is 0. The van der Waals surface area contributed by atoms with Crippen molar-refractivity contribution in [2.45, 2.75) is 37.5 Å². The fourth-order valence-corrected chi connectivity index (χ4v) is 16.7. The first kappa shape index (κ1) is 64.5. The van der Waals surface area contributed by atoms with Crippen molar-refractivity contribution in [3.63, 3.8) is 0 Å². The van der Waals surface area contributed by atoms with Crippen LogP contribution in [-0.4, -0.2) is 39.6 Å². The summed E-state index contributed by atoms with van der Waals surface area (Å²) in [6.07, 6.45) is 1.92. The van der Waals surface area contributed by atoms with Gasteiger partial charge in [-0.1, -0.05) is 196 Å². The zero-order valence-corrected chi connectivity index (χ0v) is 57.6. The summed E-state index contributed by atoms with van der Waals surface area (Å²) in [5, 5.41) is 4.43. The number of halogens is 4. The molecule has 6 nitrogen and oxygen atoms in total. The summed E-state index contributed by atoms with van der Waals surface area (Å²) in [5.74, 6) is -1.28. The second kappa shape index (κ2) is 25.7. The van der Waals surface area contributed by atoms with Crippen molar-refractivity contribution >= 4 is 55.7 Å². The van der Waals surface area contributed by atoms with Gasteiger partial charge in [0, 0.05) is 34.9 Å². The van der Waals surface area contributed by atoms with E-state index in [9.17, 15) is 0 Å². The molecule has 10 heteroatoms. The Kier molecular flexibility index (Phi) is 16.0. The maximum Gasteiger partial charge on any atom is 0.150 e. The van der Waals surface area contributed by atoms with E-state index < -0.39 is 34.1 Å². The van der Waals surface area contributed by atoms with Crippen molar-refractivity contribution in [3.05, 3.63) is 371 Å². The molecule has 2 aliphatic carbocycles. The Labute approximate surface area is 602 Å². The molecule has 0 saturated carbocycles. The highest BCUT2D eigenvalue weighted by atomic mass is 19.1. The predicted octanol–water partition coefficient (Wildman–Crippen LogP) is 23.5. The van der Waals surface area contributed by atoms with Crippen LogP contribution in [0.4, 0.5) is 51.7 Å². The zero-order valence-electron chi connectivity index (χ0n) is 57.6. The SMILES string of the molecule is CCC1(COc2ccc(C3(c4ccc5ccccc5c4)c4ccccc4-c4ccc(N(c5ccc(-c6ccc(N(c7ccc8c(c7)C(c7ccc(OCC9(CC)COC9)cc7)(c7ccc9ccccc9c7)c7ccccc7-8)c7ccc(F)cc7F)cc6)cc5)c5ccc(F)cc5F)cc43)cc2)COC1. The fourth-order valence-electron chi connectivity index (χ4n) is 16.7. The molecule has 18 rings (SSSR count). The average molecular weight is 1370 g/mol. The number of ether oxygens (including phenoxy) is 4. The Hall–Kier alpha value is -11.6. The number of hydrogen-bond donors (Lipinski definition) is 0. The van der Waals surface area contributed by atoms with Gasteiger partial charge in [-0.15, -0.1) is 0 Å². The Morgan fingerprint density at radius 3 is 1.05 bits per heavy atom. The second-order valence-corrected chi connectivity index (χ2v) is 28.4. The van der Waals surface area contributed by atoms with E-state index in [-0.39, 0.29) is 22.2 Å². The molecule has 4 aliphatic rings. The summed E-state index contributed by atoms with van der Waals surface area (Å²) < 4.78 is 88.3. The van der Waals surface area contributed by atoms with E-state index >= 15 is 17.6 Å². The lowest BCUT2D eigenvalue weighted by Gasteiger charge is -2.40. The molecule has 0 aromatic heterocycles. The van der Waals surface area contributed by atoms with Gasteiger partial charge in [-0.2, -0.15) is 0 Å². The van der Waals surface area contributed by atoms with Crippen molar-refractivity contribution < 1.29 is 36.5 Å². The van der Waals surface area contributed by atoms with Gasteiger partial charge in [-0.25, -0.2) is 17.6 Å². The highest BCUT2D eigenvalue weighted by Gasteiger charge is 2.49. The van der Waals surface area contributed by atoms with Crippen LogP contribution >= 0.6 is 0 Å². The molecule has 0 radical (unpaired) electrons. The van der Waals surface area contributed by atoms with Gasteiger partial charge in [0.1, 0.15) is 34.8 Å². The third-order valence-corrected chi connectivity index (χ3v) is 22.6. The van der Waals surface area contributed by atoms with Gasteiger partial charge in [0.2, 0.25) is 0 Å². The first-order chi connectivity index (χ1) is 50.9. The molecule has 14 aromatic rings. The Bertz CT molecular complexity index is 5280. The molecule has 0 spiro atoms. The van der Waals surface area contributed by atoms with Crippen molar-refractivity contribution in [2.24, 2.45) is 10.8 Å². The van der Waals surface area contributed by atoms with Crippen molar-refractivity contribution in [2.75, 3.05) is 49.4 Å². The van der Waals surface area contributed by atoms with Gasteiger partial charge >= 0.3 is 0 Å². The fraction of sp³-hybridized carbons (Fsp3) is 0.149. The lowest BCUT2D eigenvalue weighted by atomic mass is 9.67. The van der Waals surface area contributed by atoms with Crippen LogP contribution in [0, 0.1) is 34.1 Å². The maximum absolute atomic E-state index is 16.9. The molecule has 2 unspecified atom stereocenters. The third kappa shape index (κ3) is 10.7. The molecular formula is C94H72F4N2O4. The van der Waals surface area contributed by atoms with Crippen LogP contribution in [0.3, 0.4) is 0 Å². The van der Waals surface area contributed by atoms with E-state index in [1.54, 1.807) is 0 Å². The molecule has 104 heavy (non-hydrogen) atoms. The third-order valence-electron chi connectivity index (χ3n) is 22.6. The molecule has 510 valence electrons. The van der Waals surface area contributed by atoms with Gasteiger partial charge in [0.15, 0.2) is 0 Å². The van der Waals surface area contributed by atoms with Crippen LogP contribution in [0.15, 0.2) is 303 Å². The van der Waals surface area contributed by atoms with E-state index in [0.29, 0.717) is 62.4 Å². The van der Waals surface area contributed by atoms with E-state index in [2.05, 4.69) is 220 Å². The summed E-state index contributed by atoms with van der Waals surface area (Å²) in [7, 11) is 0. The first-order valence-electron chi connectivity index (χ1n) is 35.8. The number of benzene rings is 14. The van der Waals surface area contributed by atoms with Crippen molar-refractivity contribution in [1.29, 1.82) is 0 Å². The van der Waals surface area contributed by atoms with Crippen LogP contribution < -0.4 is 19.3 Å². The zero-order chi connectivity index (χ0) is 70.3. The van der Waals surface area contributed by atoms with E-state index in [4.69, 9.17) is 18.9 Å². The highest BCUT2D eigenvalue weighted by Crippen LogP contribution is 2.60. The molecular weight excluding hydrogens is 1300 g/mol. The number of rotatable bonds is 19. The van der Waals surface area contributed by atoms with Gasteiger partial charge in [0.05, 0.1) is 72.7 Å². The summed E-state index contributed by atoms with van der Waals surface area (Å²) in [5.41, 5.74) is 15.6. The molecule has 0 N–H and O–H groups in total. The van der Waals surface area contributed by atoms with Gasteiger partial charge in [0.25, 0.3) is 0 Å². The molecule has 14 aromatic carbocycles. The van der Waals surface area contributed by atoms with E-state index in [1.807, 2.05) is 70.5 Å². The second-order valence-electron chi connectivity index (χ2n) is 28.4. The molecule has 2 saturated heterocycles. The van der Waals surface area contributed by atoms with Crippen LogP contribution in [0.25, 0.3) is 54.9 Å². The lowest BCUT2D eigenvalue weighted by Crippen LogP contribution is -2.46. The minimum absolute atomic E-state index is 0.00163. The summed E-state index contributed by atoms with van der Waals surface area (Å²) in [6, 6.07) is 100. The van der Waals surface area contributed by atoms with Crippen LogP contribution in [0.2, 0.25) is 0 Å². The Morgan fingerprint density at radius 1 is 0.317 bits per heavy atom. The van der Waals surface area contributed by atoms with Gasteiger partial charge in [-0.3, -0.25) is 0 Å². The highest BCUT2D eigenvalue weighted by molar-refractivity contribution is 5.94. The Morgan fingerprint density at radius 2 is 0.673 bits per heavy atom. The van der Waals surface area contributed by atoms with Crippen LogP contribution in [-0.2, 0) is 20.3 Å². The van der Waals surface area contributed by atoms with Crippen molar-refractivity contribution in [3.8, 4) is 44.9 Å².